The number of imidazole rings is 1. The van der Waals surface area contributed by atoms with E-state index in [1.807, 2.05) is 25.4 Å². The Balaban J connectivity index is 1.64. The number of carbonyl (C=O) groups is 2. The monoisotopic (exact) mass is 386 g/mol. The lowest BCUT2D eigenvalue weighted by molar-refractivity contribution is -0.135. The fourth-order valence-corrected chi connectivity index (χ4v) is 3.61. The molecule has 0 aliphatic carbocycles. The molecule has 0 N–H and O–H groups in total. The van der Waals surface area contributed by atoms with Gasteiger partial charge in [-0.3, -0.25) is 9.78 Å². The lowest BCUT2D eigenvalue weighted by Gasteiger charge is -2.25. The van der Waals surface area contributed by atoms with Crippen LogP contribution in [0.3, 0.4) is 0 Å². The van der Waals surface area contributed by atoms with Crippen LogP contribution in [-0.2, 0) is 16.1 Å². The number of hydrogen-bond donors (Lipinski definition) is 0. The number of aryl methyl sites for hydroxylation is 2. The second kappa shape index (κ2) is 10.9. The zero-order chi connectivity index (χ0) is 20.5. The first-order valence-electron chi connectivity index (χ1n) is 10.4. The minimum atomic E-state index is -0.295. The predicted molar refractivity (Wildman–Crippen MR) is 112 cm³/mol. The van der Waals surface area contributed by atoms with Gasteiger partial charge in [0.15, 0.2) is 0 Å². The van der Waals surface area contributed by atoms with E-state index < -0.39 is 0 Å². The van der Waals surface area contributed by atoms with Crippen LogP contribution in [0.4, 0.5) is 0 Å². The van der Waals surface area contributed by atoms with Crippen molar-refractivity contribution >= 4 is 23.2 Å². The Kier molecular flexibility index (Phi) is 8.61. The second-order valence-corrected chi connectivity index (χ2v) is 8.03. The normalized spacial score (nSPS) is 12.5. The summed E-state index contributed by atoms with van der Waals surface area (Å²) < 4.78 is 2.25. The molecule has 0 saturated carbocycles. The first kappa shape index (κ1) is 22.1. The maximum atomic E-state index is 12.3. The molecule has 0 aliphatic heterocycles. The Bertz CT molecular complexity index is 769. The van der Waals surface area contributed by atoms with Gasteiger partial charge in [-0.2, -0.15) is 0 Å². The SMILES string of the molecule is Cc1nc2cnccc2n1CCCCCCCC(=O)N(C)[C@H](C=O)CC(C)C. The van der Waals surface area contributed by atoms with E-state index in [9.17, 15) is 9.59 Å². The number of rotatable bonds is 12. The molecule has 28 heavy (non-hydrogen) atoms. The molecule has 1 atom stereocenters. The topological polar surface area (TPSA) is 68.1 Å². The Hall–Kier alpha value is -2.24. The zero-order valence-corrected chi connectivity index (χ0v) is 17.7. The van der Waals surface area contributed by atoms with Crippen molar-refractivity contribution in [3.8, 4) is 0 Å². The van der Waals surface area contributed by atoms with Gasteiger partial charge in [-0.15, -0.1) is 0 Å². The van der Waals surface area contributed by atoms with Crippen LogP contribution >= 0.6 is 0 Å². The maximum absolute atomic E-state index is 12.3. The fraction of sp³-hybridized carbons (Fsp3) is 0.636. The minimum Gasteiger partial charge on any atom is -0.336 e. The number of unbranched alkanes of at least 4 members (excludes halogenated alkanes) is 4. The highest BCUT2D eigenvalue weighted by Gasteiger charge is 2.19. The molecule has 0 saturated heterocycles. The zero-order valence-electron chi connectivity index (χ0n) is 17.7. The van der Waals surface area contributed by atoms with Crippen LogP contribution in [0.25, 0.3) is 11.0 Å². The summed E-state index contributed by atoms with van der Waals surface area (Å²) in [5.41, 5.74) is 2.10. The van der Waals surface area contributed by atoms with Gasteiger partial charge in [-0.1, -0.05) is 33.1 Å². The Morgan fingerprint density at radius 3 is 2.64 bits per heavy atom. The van der Waals surface area contributed by atoms with Crippen molar-refractivity contribution in [2.24, 2.45) is 5.92 Å². The molecular formula is C22H34N4O2. The molecule has 0 radical (unpaired) electrons. The van der Waals surface area contributed by atoms with Crippen molar-refractivity contribution in [3.05, 3.63) is 24.3 Å². The molecule has 2 aromatic rings. The van der Waals surface area contributed by atoms with Gasteiger partial charge in [0.05, 0.1) is 17.8 Å². The van der Waals surface area contributed by atoms with E-state index in [2.05, 4.69) is 28.4 Å². The predicted octanol–water partition coefficient (Wildman–Crippen LogP) is 4.15. The molecule has 2 aromatic heterocycles. The number of likely N-dealkylation sites (N-methyl/N-ethyl adjacent to an activating group) is 1. The second-order valence-electron chi connectivity index (χ2n) is 8.03. The molecule has 154 valence electrons. The maximum Gasteiger partial charge on any atom is 0.222 e. The molecule has 0 bridgehead atoms. The molecule has 0 fully saturated rings. The lowest BCUT2D eigenvalue weighted by Crippen LogP contribution is -2.38. The first-order valence-corrected chi connectivity index (χ1v) is 10.4. The molecule has 2 heterocycles. The summed E-state index contributed by atoms with van der Waals surface area (Å²) in [6.45, 7) is 7.14. The largest absolute Gasteiger partial charge is 0.336 e. The van der Waals surface area contributed by atoms with Crippen LogP contribution in [0.5, 0.6) is 0 Å². The third-order valence-electron chi connectivity index (χ3n) is 5.27. The fourth-order valence-electron chi connectivity index (χ4n) is 3.61. The van der Waals surface area contributed by atoms with Crippen LogP contribution in [0.2, 0.25) is 0 Å². The van der Waals surface area contributed by atoms with Crippen LogP contribution in [0.1, 0.15) is 64.6 Å². The van der Waals surface area contributed by atoms with Gasteiger partial charge in [0.2, 0.25) is 5.91 Å². The lowest BCUT2D eigenvalue weighted by atomic mass is 10.0. The van der Waals surface area contributed by atoms with E-state index in [0.717, 1.165) is 68.2 Å². The number of pyridine rings is 1. The molecule has 2 rings (SSSR count). The summed E-state index contributed by atoms with van der Waals surface area (Å²) in [5, 5.41) is 0. The number of carbonyl (C=O) groups excluding carboxylic acids is 2. The van der Waals surface area contributed by atoms with Crippen LogP contribution in [-0.4, -0.2) is 44.7 Å². The Morgan fingerprint density at radius 2 is 1.93 bits per heavy atom. The molecule has 0 aromatic carbocycles. The van der Waals surface area contributed by atoms with E-state index in [1.165, 1.54) is 0 Å². The number of amides is 1. The van der Waals surface area contributed by atoms with Crippen molar-refractivity contribution in [1.29, 1.82) is 0 Å². The summed E-state index contributed by atoms with van der Waals surface area (Å²) in [7, 11) is 1.75. The Morgan fingerprint density at radius 1 is 1.21 bits per heavy atom. The molecule has 0 unspecified atom stereocenters. The molecule has 6 nitrogen and oxygen atoms in total. The number of nitrogens with zero attached hydrogens (tertiary/aromatic N) is 4. The standard InChI is InChI=1S/C22H34N4O2/c1-17(2)14-19(16-27)25(4)22(28)10-8-6-5-7-9-13-26-18(3)24-20-15-23-12-11-21(20)26/h11-12,15-17,19H,5-10,13-14H2,1-4H3/t19-/m0/s1. The van der Waals surface area contributed by atoms with E-state index >= 15 is 0 Å². The highest BCUT2D eigenvalue weighted by atomic mass is 16.2. The summed E-state index contributed by atoms with van der Waals surface area (Å²) in [6.07, 6.45) is 11.1. The van der Waals surface area contributed by atoms with Crippen molar-refractivity contribution in [1.82, 2.24) is 19.4 Å². The summed E-state index contributed by atoms with van der Waals surface area (Å²) in [5.74, 6) is 1.51. The van der Waals surface area contributed by atoms with Crippen molar-refractivity contribution in [2.45, 2.75) is 78.3 Å². The van der Waals surface area contributed by atoms with E-state index in [1.54, 1.807) is 11.9 Å². The molecular weight excluding hydrogens is 352 g/mol. The average Bonchev–Trinajstić information content (AvgIpc) is 2.99. The van der Waals surface area contributed by atoms with Crippen molar-refractivity contribution in [2.75, 3.05) is 7.05 Å². The van der Waals surface area contributed by atoms with Gasteiger partial charge in [-0.05, 0) is 38.2 Å². The minimum absolute atomic E-state index is 0.0758. The van der Waals surface area contributed by atoms with Crippen LogP contribution in [0, 0.1) is 12.8 Å². The number of hydrogen-bond acceptors (Lipinski definition) is 4. The number of aldehydes is 1. The van der Waals surface area contributed by atoms with Gasteiger partial charge in [0.25, 0.3) is 0 Å². The van der Waals surface area contributed by atoms with E-state index in [4.69, 9.17) is 0 Å². The van der Waals surface area contributed by atoms with Crippen LogP contribution in [0.15, 0.2) is 18.5 Å². The third-order valence-corrected chi connectivity index (χ3v) is 5.27. The highest BCUT2D eigenvalue weighted by molar-refractivity contribution is 5.79. The average molecular weight is 387 g/mol. The van der Waals surface area contributed by atoms with Gasteiger partial charge in [-0.25, -0.2) is 4.98 Å². The number of aromatic nitrogens is 3. The van der Waals surface area contributed by atoms with E-state index in [-0.39, 0.29) is 11.9 Å². The van der Waals surface area contributed by atoms with E-state index in [0.29, 0.717) is 12.3 Å². The summed E-state index contributed by atoms with van der Waals surface area (Å²) in [4.78, 5) is 33.8. The molecule has 0 spiro atoms. The first-order chi connectivity index (χ1) is 13.4. The molecule has 6 heteroatoms. The summed E-state index contributed by atoms with van der Waals surface area (Å²) >= 11 is 0. The summed E-state index contributed by atoms with van der Waals surface area (Å²) in [6, 6.07) is 1.72. The van der Waals surface area contributed by atoms with Gasteiger partial charge in [0.1, 0.15) is 17.6 Å². The molecule has 0 aliphatic rings. The number of fused-ring (bicyclic) bond motifs is 1. The Labute approximate surface area is 168 Å². The van der Waals surface area contributed by atoms with Crippen LogP contribution < -0.4 is 0 Å². The van der Waals surface area contributed by atoms with Gasteiger partial charge >= 0.3 is 0 Å². The highest BCUT2D eigenvalue weighted by Crippen LogP contribution is 2.16. The quantitative estimate of drug-likeness (QED) is 0.406. The third kappa shape index (κ3) is 6.14. The van der Waals surface area contributed by atoms with Crippen molar-refractivity contribution < 1.29 is 9.59 Å². The molecule has 1 amide bonds. The van der Waals surface area contributed by atoms with Gasteiger partial charge < -0.3 is 14.3 Å². The van der Waals surface area contributed by atoms with Crippen molar-refractivity contribution in [3.63, 3.8) is 0 Å². The smallest absolute Gasteiger partial charge is 0.222 e. The van der Waals surface area contributed by atoms with Gasteiger partial charge in [0, 0.05) is 26.2 Å².